The standard InChI is InChI=1S/C24H28N2O8S/c1-33-14-21(23(28)29)25-22(27)20(11-12-35(2,31)32)26-24(30)34-13-19-17-9-5-3-7-15(17)16-8-4-6-10-18(16)19/h3-10,19-21H,11-14H2,1-2H3,(H,25,27)(H,26,30)(H,28,29)/t20?,21-/m0/s1. The molecule has 0 aliphatic heterocycles. The van der Waals surface area contributed by atoms with E-state index >= 15 is 0 Å². The maximum absolute atomic E-state index is 12.7. The second-order valence-corrected chi connectivity index (χ2v) is 10.6. The average molecular weight is 505 g/mol. The highest BCUT2D eigenvalue weighted by Crippen LogP contribution is 2.44. The molecule has 0 saturated carbocycles. The Morgan fingerprint density at radius 2 is 1.54 bits per heavy atom. The molecule has 35 heavy (non-hydrogen) atoms. The Kier molecular flexibility index (Phi) is 8.47. The minimum atomic E-state index is -3.45. The minimum Gasteiger partial charge on any atom is -0.480 e. The molecule has 0 heterocycles. The lowest BCUT2D eigenvalue weighted by atomic mass is 9.98. The fourth-order valence-corrected chi connectivity index (χ4v) is 4.66. The van der Waals surface area contributed by atoms with Crippen molar-refractivity contribution in [3.8, 4) is 11.1 Å². The van der Waals surface area contributed by atoms with Gasteiger partial charge in [-0.3, -0.25) is 4.79 Å². The largest absolute Gasteiger partial charge is 0.480 e. The first kappa shape index (κ1) is 26.2. The third-order valence-electron chi connectivity index (χ3n) is 5.68. The summed E-state index contributed by atoms with van der Waals surface area (Å²) in [6, 6.07) is 12.9. The van der Waals surface area contributed by atoms with E-state index < -0.39 is 45.6 Å². The number of hydrogen-bond acceptors (Lipinski definition) is 7. The highest BCUT2D eigenvalue weighted by atomic mass is 32.2. The van der Waals surface area contributed by atoms with Gasteiger partial charge in [0, 0.05) is 19.3 Å². The van der Waals surface area contributed by atoms with Gasteiger partial charge in [0.2, 0.25) is 5.91 Å². The Balaban J connectivity index is 1.69. The van der Waals surface area contributed by atoms with Crippen molar-refractivity contribution < 1.29 is 37.4 Å². The summed E-state index contributed by atoms with van der Waals surface area (Å²) in [6.07, 6.45) is -0.173. The summed E-state index contributed by atoms with van der Waals surface area (Å²) in [7, 11) is -2.17. The van der Waals surface area contributed by atoms with Crippen molar-refractivity contribution in [2.24, 2.45) is 0 Å². The van der Waals surface area contributed by atoms with Gasteiger partial charge in [0.1, 0.15) is 22.5 Å². The Labute approximate surface area is 203 Å². The molecule has 11 heteroatoms. The van der Waals surface area contributed by atoms with Crippen LogP contribution in [0.15, 0.2) is 48.5 Å². The first-order valence-corrected chi connectivity index (χ1v) is 13.0. The zero-order chi connectivity index (χ0) is 25.6. The molecule has 0 spiro atoms. The molecular formula is C24H28N2O8S. The highest BCUT2D eigenvalue weighted by Gasteiger charge is 2.31. The van der Waals surface area contributed by atoms with Gasteiger partial charge in [0.25, 0.3) is 0 Å². The van der Waals surface area contributed by atoms with E-state index in [9.17, 15) is 27.9 Å². The monoisotopic (exact) mass is 504 g/mol. The number of methoxy groups -OCH3 is 1. The van der Waals surface area contributed by atoms with E-state index in [2.05, 4.69) is 10.6 Å². The molecule has 3 rings (SSSR count). The number of alkyl carbamates (subject to hydrolysis) is 1. The van der Waals surface area contributed by atoms with E-state index in [0.717, 1.165) is 28.5 Å². The zero-order valence-electron chi connectivity index (χ0n) is 19.4. The number of carboxylic acids is 1. The van der Waals surface area contributed by atoms with Crippen LogP contribution in [0.1, 0.15) is 23.5 Å². The molecule has 0 fully saturated rings. The van der Waals surface area contributed by atoms with Crippen LogP contribution >= 0.6 is 0 Å². The molecule has 3 N–H and O–H groups in total. The lowest BCUT2D eigenvalue weighted by Gasteiger charge is -2.21. The van der Waals surface area contributed by atoms with E-state index in [4.69, 9.17) is 9.47 Å². The summed E-state index contributed by atoms with van der Waals surface area (Å²) < 4.78 is 33.5. The van der Waals surface area contributed by atoms with Crippen LogP contribution < -0.4 is 10.6 Å². The van der Waals surface area contributed by atoms with Crippen LogP contribution in [-0.2, 0) is 28.9 Å². The van der Waals surface area contributed by atoms with Crippen molar-refractivity contribution in [3.05, 3.63) is 59.7 Å². The first-order chi connectivity index (χ1) is 16.6. The maximum atomic E-state index is 12.7. The number of carbonyl (C=O) groups excluding carboxylic acids is 2. The topological polar surface area (TPSA) is 148 Å². The van der Waals surface area contributed by atoms with Gasteiger partial charge in [-0.05, 0) is 28.7 Å². The Morgan fingerprint density at radius 3 is 2.06 bits per heavy atom. The molecule has 2 aromatic carbocycles. The van der Waals surface area contributed by atoms with Gasteiger partial charge in [-0.15, -0.1) is 0 Å². The third kappa shape index (κ3) is 6.80. The van der Waals surface area contributed by atoms with Crippen LogP contribution in [0.25, 0.3) is 11.1 Å². The molecule has 0 radical (unpaired) electrons. The van der Waals surface area contributed by atoms with E-state index in [1.165, 1.54) is 7.11 Å². The molecule has 188 valence electrons. The summed E-state index contributed by atoms with van der Waals surface area (Å²) in [5.74, 6) is -2.78. The van der Waals surface area contributed by atoms with E-state index in [1.54, 1.807) is 0 Å². The number of nitrogens with one attached hydrogen (secondary N) is 2. The SMILES string of the molecule is COC[C@H](NC(=O)C(CCS(C)(=O)=O)NC(=O)OCC1c2ccccc2-c2ccccc21)C(=O)O. The molecule has 2 aromatic rings. The number of amides is 2. The number of aliphatic carboxylic acids is 1. The highest BCUT2D eigenvalue weighted by molar-refractivity contribution is 7.90. The number of fused-ring (bicyclic) bond motifs is 3. The molecule has 0 bridgehead atoms. The summed E-state index contributed by atoms with van der Waals surface area (Å²) in [5, 5.41) is 13.9. The molecule has 0 saturated heterocycles. The van der Waals surface area contributed by atoms with Crippen molar-refractivity contribution in [2.45, 2.75) is 24.4 Å². The summed E-state index contributed by atoms with van der Waals surface area (Å²) in [4.78, 5) is 36.6. The third-order valence-corrected chi connectivity index (χ3v) is 6.65. The molecule has 1 unspecified atom stereocenters. The number of ether oxygens (including phenoxy) is 2. The number of sulfone groups is 1. The van der Waals surface area contributed by atoms with E-state index in [-0.39, 0.29) is 25.6 Å². The summed E-state index contributed by atoms with van der Waals surface area (Å²) in [6.45, 7) is -0.299. The van der Waals surface area contributed by atoms with Crippen LogP contribution in [0.3, 0.4) is 0 Å². The van der Waals surface area contributed by atoms with Gasteiger partial charge in [-0.1, -0.05) is 48.5 Å². The molecule has 2 atom stereocenters. The Morgan fingerprint density at radius 1 is 0.971 bits per heavy atom. The van der Waals surface area contributed by atoms with Crippen LogP contribution in [0.2, 0.25) is 0 Å². The minimum absolute atomic E-state index is 0.00169. The number of rotatable bonds is 11. The number of benzene rings is 2. The van der Waals surface area contributed by atoms with Gasteiger partial charge < -0.3 is 25.2 Å². The van der Waals surface area contributed by atoms with Crippen molar-refractivity contribution >= 4 is 27.8 Å². The van der Waals surface area contributed by atoms with E-state index in [0.29, 0.717) is 0 Å². The predicted molar refractivity (Wildman–Crippen MR) is 128 cm³/mol. The van der Waals surface area contributed by atoms with Gasteiger partial charge in [-0.2, -0.15) is 0 Å². The van der Waals surface area contributed by atoms with Crippen LogP contribution in [0.4, 0.5) is 4.79 Å². The van der Waals surface area contributed by atoms with Crippen molar-refractivity contribution in [2.75, 3.05) is 32.3 Å². The first-order valence-electron chi connectivity index (χ1n) is 10.9. The Bertz CT molecular complexity index is 1150. The molecule has 10 nitrogen and oxygen atoms in total. The second kappa shape index (κ2) is 11.3. The van der Waals surface area contributed by atoms with Gasteiger partial charge in [0.15, 0.2) is 6.04 Å². The van der Waals surface area contributed by atoms with Crippen molar-refractivity contribution in [3.63, 3.8) is 0 Å². The summed E-state index contributed by atoms with van der Waals surface area (Å²) in [5.41, 5.74) is 4.13. The maximum Gasteiger partial charge on any atom is 0.407 e. The quantitative estimate of drug-likeness (QED) is 0.417. The van der Waals surface area contributed by atoms with E-state index in [1.807, 2.05) is 48.5 Å². The second-order valence-electron chi connectivity index (χ2n) is 8.30. The average Bonchev–Trinajstić information content (AvgIpc) is 3.13. The van der Waals surface area contributed by atoms with Gasteiger partial charge in [-0.25, -0.2) is 18.0 Å². The van der Waals surface area contributed by atoms with Crippen LogP contribution in [0.5, 0.6) is 0 Å². The fraction of sp³-hybridized carbons (Fsp3) is 0.375. The zero-order valence-corrected chi connectivity index (χ0v) is 20.2. The van der Waals surface area contributed by atoms with Crippen LogP contribution in [-0.4, -0.2) is 75.9 Å². The normalized spacial score (nSPS) is 14.3. The van der Waals surface area contributed by atoms with Gasteiger partial charge in [0.05, 0.1) is 12.4 Å². The molecule has 1 aliphatic carbocycles. The molecule has 2 amide bonds. The van der Waals surface area contributed by atoms with Crippen molar-refractivity contribution in [1.29, 1.82) is 0 Å². The lowest BCUT2D eigenvalue weighted by Crippen LogP contribution is -2.53. The molecule has 1 aliphatic rings. The van der Waals surface area contributed by atoms with Crippen LogP contribution in [0, 0.1) is 0 Å². The van der Waals surface area contributed by atoms with Gasteiger partial charge >= 0.3 is 12.1 Å². The number of carbonyl (C=O) groups is 3. The molecular weight excluding hydrogens is 476 g/mol. The molecule has 0 aromatic heterocycles. The Hall–Kier alpha value is -3.44. The lowest BCUT2D eigenvalue weighted by molar-refractivity contribution is -0.143. The summed E-state index contributed by atoms with van der Waals surface area (Å²) >= 11 is 0. The van der Waals surface area contributed by atoms with Crippen molar-refractivity contribution in [1.82, 2.24) is 10.6 Å². The number of hydrogen-bond donors (Lipinski definition) is 3. The number of carboxylic acid groups (broad SMARTS) is 1. The fourth-order valence-electron chi connectivity index (χ4n) is 4.00. The smallest absolute Gasteiger partial charge is 0.407 e. The predicted octanol–water partition coefficient (Wildman–Crippen LogP) is 1.54.